The van der Waals surface area contributed by atoms with Crippen LogP contribution in [0.1, 0.15) is 35.5 Å². The van der Waals surface area contributed by atoms with Crippen LogP contribution in [0.5, 0.6) is 0 Å². The lowest BCUT2D eigenvalue weighted by molar-refractivity contribution is 0.102. The Balaban J connectivity index is 1.63. The molecule has 1 amide bonds. The first-order chi connectivity index (χ1) is 14.6. The second kappa shape index (κ2) is 8.32. The fraction of sp³-hybridized carbons (Fsp3) is 0.217. The lowest BCUT2D eigenvalue weighted by atomic mass is 10.1. The summed E-state index contributed by atoms with van der Waals surface area (Å²) in [6.45, 7) is 4.87. The van der Waals surface area contributed by atoms with Gasteiger partial charge < -0.3 is 5.32 Å². The number of benzene rings is 2. The van der Waals surface area contributed by atoms with Gasteiger partial charge in [0.15, 0.2) is 5.69 Å². The highest BCUT2D eigenvalue weighted by Gasteiger charge is 2.17. The van der Waals surface area contributed by atoms with Gasteiger partial charge in [0.25, 0.3) is 11.5 Å². The molecule has 0 saturated carbocycles. The number of aryl methyl sites for hydroxylation is 2. The van der Waals surface area contributed by atoms with Gasteiger partial charge in [-0.05, 0) is 30.5 Å². The van der Waals surface area contributed by atoms with E-state index in [1.807, 2.05) is 6.92 Å². The molecule has 0 unspecified atom stereocenters. The maximum Gasteiger partial charge on any atom is 0.277 e. The maximum absolute atomic E-state index is 13.1. The number of nitrogens with one attached hydrogen (secondary N) is 1. The molecule has 4 rings (SSSR count). The Morgan fingerprint density at radius 1 is 0.933 bits per heavy atom. The first kappa shape index (κ1) is 19.6. The Morgan fingerprint density at radius 2 is 1.63 bits per heavy atom. The van der Waals surface area contributed by atoms with Crippen LogP contribution in [0.25, 0.3) is 10.8 Å². The summed E-state index contributed by atoms with van der Waals surface area (Å²) in [6.07, 6.45) is 2.64. The Labute approximate surface area is 174 Å². The third-order valence-electron chi connectivity index (χ3n) is 5.10. The zero-order valence-corrected chi connectivity index (χ0v) is 17.0. The Bertz CT molecular complexity index is 1250. The smallest absolute Gasteiger partial charge is 0.277 e. The van der Waals surface area contributed by atoms with Gasteiger partial charge in [-0.2, -0.15) is 10.2 Å². The van der Waals surface area contributed by atoms with Gasteiger partial charge in [-0.15, -0.1) is 0 Å². The molecule has 0 spiro atoms. The van der Waals surface area contributed by atoms with Gasteiger partial charge in [0.2, 0.25) is 0 Å². The lowest BCUT2D eigenvalue weighted by Gasteiger charge is -2.12. The molecule has 4 aromatic rings. The van der Waals surface area contributed by atoms with E-state index < -0.39 is 0 Å². The van der Waals surface area contributed by atoms with Crippen LogP contribution in [0, 0.1) is 0 Å². The minimum absolute atomic E-state index is 0.204. The summed E-state index contributed by atoms with van der Waals surface area (Å²) < 4.78 is 3.04. The van der Waals surface area contributed by atoms with Crippen molar-refractivity contribution in [2.24, 2.45) is 0 Å². The normalized spacial score (nSPS) is 11.0. The molecule has 0 saturated heterocycles. The number of aromatic nitrogens is 4. The molecule has 2 heterocycles. The van der Waals surface area contributed by atoms with E-state index in [9.17, 15) is 9.59 Å². The van der Waals surface area contributed by atoms with Gasteiger partial charge in [-0.3, -0.25) is 9.59 Å². The third kappa shape index (κ3) is 3.74. The first-order valence-electron chi connectivity index (χ1n) is 10.0. The van der Waals surface area contributed by atoms with Crippen molar-refractivity contribution >= 4 is 22.5 Å². The maximum atomic E-state index is 13.1. The number of carbonyl (C=O) groups is 1. The third-order valence-corrected chi connectivity index (χ3v) is 5.10. The largest absolute Gasteiger partial charge is 0.305 e. The fourth-order valence-electron chi connectivity index (χ4n) is 3.41. The van der Waals surface area contributed by atoms with Crippen LogP contribution in [-0.4, -0.2) is 25.5 Å². The number of amides is 1. The van der Waals surface area contributed by atoms with Crippen LogP contribution < -0.4 is 10.9 Å². The van der Waals surface area contributed by atoms with E-state index in [-0.39, 0.29) is 17.2 Å². The fourth-order valence-corrected chi connectivity index (χ4v) is 3.41. The van der Waals surface area contributed by atoms with Gasteiger partial charge in [0, 0.05) is 18.0 Å². The molecular formula is C23H23N5O2. The number of rotatable bonds is 6. The van der Waals surface area contributed by atoms with E-state index in [1.165, 1.54) is 10.2 Å². The summed E-state index contributed by atoms with van der Waals surface area (Å²) in [5.74, 6) is 0.191. The lowest BCUT2D eigenvalue weighted by Crippen LogP contribution is -2.27. The zero-order chi connectivity index (χ0) is 21.1. The van der Waals surface area contributed by atoms with Crippen LogP contribution in [0.3, 0.4) is 0 Å². The summed E-state index contributed by atoms with van der Waals surface area (Å²) in [7, 11) is 0. The highest BCUT2D eigenvalue weighted by atomic mass is 16.2. The monoisotopic (exact) mass is 401 g/mol. The van der Waals surface area contributed by atoms with Gasteiger partial charge in [-0.25, -0.2) is 9.36 Å². The van der Waals surface area contributed by atoms with Crippen molar-refractivity contribution < 1.29 is 4.79 Å². The van der Waals surface area contributed by atoms with E-state index in [2.05, 4.69) is 46.7 Å². The number of anilines is 1. The van der Waals surface area contributed by atoms with E-state index in [1.54, 1.807) is 41.2 Å². The van der Waals surface area contributed by atoms with Crippen LogP contribution in [0.4, 0.5) is 5.82 Å². The Morgan fingerprint density at radius 3 is 2.33 bits per heavy atom. The molecular weight excluding hydrogens is 378 g/mol. The van der Waals surface area contributed by atoms with Gasteiger partial charge in [-0.1, -0.05) is 49.4 Å². The molecule has 2 aromatic heterocycles. The molecule has 0 fully saturated rings. The average molecular weight is 401 g/mol. The quantitative estimate of drug-likeness (QED) is 0.536. The number of carbonyl (C=O) groups excluding carboxylic acids is 1. The summed E-state index contributed by atoms with van der Waals surface area (Å²) >= 11 is 0. The number of hydrogen-bond donors (Lipinski definition) is 1. The molecule has 0 aliphatic heterocycles. The van der Waals surface area contributed by atoms with Crippen molar-refractivity contribution in [2.45, 2.75) is 33.4 Å². The first-order valence-corrected chi connectivity index (χ1v) is 10.0. The topological polar surface area (TPSA) is 81.8 Å². The van der Waals surface area contributed by atoms with E-state index in [0.717, 1.165) is 12.0 Å². The van der Waals surface area contributed by atoms with Gasteiger partial charge >= 0.3 is 0 Å². The van der Waals surface area contributed by atoms with Gasteiger partial charge in [0.1, 0.15) is 5.82 Å². The highest BCUT2D eigenvalue weighted by molar-refractivity contribution is 6.10. The number of fused-ring (bicyclic) bond motifs is 1. The van der Waals surface area contributed by atoms with E-state index in [4.69, 9.17) is 0 Å². The average Bonchev–Trinajstić information content (AvgIpc) is 3.21. The molecule has 7 heteroatoms. The van der Waals surface area contributed by atoms with Crippen LogP contribution >= 0.6 is 0 Å². The van der Waals surface area contributed by atoms with Crippen molar-refractivity contribution in [1.29, 1.82) is 0 Å². The second-order valence-electron chi connectivity index (χ2n) is 7.01. The summed E-state index contributed by atoms with van der Waals surface area (Å²) in [5.41, 5.74) is 2.38. The molecule has 0 aliphatic carbocycles. The Hall–Kier alpha value is -3.74. The second-order valence-corrected chi connectivity index (χ2v) is 7.01. The molecule has 1 N–H and O–H groups in total. The molecule has 0 bridgehead atoms. The molecule has 152 valence electrons. The van der Waals surface area contributed by atoms with Crippen molar-refractivity contribution in [2.75, 3.05) is 5.32 Å². The minimum Gasteiger partial charge on any atom is -0.305 e. The predicted octanol–water partition coefficient (Wildman–Crippen LogP) is 3.48. The molecule has 2 aromatic carbocycles. The molecule has 0 atom stereocenters. The van der Waals surface area contributed by atoms with Crippen molar-refractivity contribution in [3.05, 3.63) is 88.0 Å². The molecule has 0 aliphatic rings. The molecule has 30 heavy (non-hydrogen) atoms. The minimum atomic E-state index is -0.378. The van der Waals surface area contributed by atoms with Crippen LogP contribution in [0.15, 0.2) is 65.6 Å². The zero-order valence-electron chi connectivity index (χ0n) is 17.0. The number of nitrogens with zero attached hydrogens (tertiary/aromatic N) is 4. The van der Waals surface area contributed by atoms with Crippen molar-refractivity contribution in [3.63, 3.8) is 0 Å². The van der Waals surface area contributed by atoms with Gasteiger partial charge in [0.05, 0.1) is 18.1 Å². The molecule has 7 nitrogen and oxygen atoms in total. The summed E-state index contributed by atoms with van der Waals surface area (Å²) in [4.78, 5) is 25.6. The van der Waals surface area contributed by atoms with Crippen molar-refractivity contribution in [3.8, 4) is 0 Å². The summed E-state index contributed by atoms with van der Waals surface area (Å²) in [5, 5.41) is 12.5. The molecule has 0 radical (unpaired) electrons. The SMILES string of the molecule is CCc1ccc(Cn2nccc2NC(=O)c2nn(CC)c(=O)c3ccccc23)cc1. The van der Waals surface area contributed by atoms with Crippen LogP contribution in [0.2, 0.25) is 0 Å². The van der Waals surface area contributed by atoms with E-state index >= 15 is 0 Å². The summed E-state index contributed by atoms with van der Waals surface area (Å²) in [6, 6.07) is 17.1. The highest BCUT2D eigenvalue weighted by Crippen LogP contribution is 2.17. The van der Waals surface area contributed by atoms with Crippen molar-refractivity contribution in [1.82, 2.24) is 19.6 Å². The number of hydrogen-bond acceptors (Lipinski definition) is 4. The van der Waals surface area contributed by atoms with Crippen LogP contribution in [-0.2, 0) is 19.5 Å². The standard InChI is InChI=1S/C23H23N5O2/c1-3-16-9-11-17(12-10-16)15-28-20(13-14-24-28)25-22(29)21-18-7-5-6-8-19(18)23(30)27(4-2)26-21/h5-14H,3-4,15H2,1-2H3,(H,25,29). The van der Waals surface area contributed by atoms with E-state index in [0.29, 0.717) is 29.7 Å². The predicted molar refractivity (Wildman–Crippen MR) is 117 cm³/mol. The Kier molecular flexibility index (Phi) is 5.43.